The van der Waals surface area contributed by atoms with Gasteiger partial charge in [-0.2, -0.15) is 15.0 Å². The zero-order valence-corrected chi connectivity index (χ0v) is 10.9. The molecule has 0 aliphatic heterocycles. The van der Waals surface area contributed by atoms with Gasteiger partial charge in [-0.05, 0) is 17.2 Å². The molecule has 0 saturated heterocycles. The van der Waals surface area contributed by atoms with Gasteiger partial charge in [0.15, 0.2) is 0 Å². The van der Waals surface area contributed by atoms with Gasteiger partial charge < -0.3 is 5.73 Å². The average molecular weight is 266 g/mol. The smallest absolute Gasteiger partial charge is 0.221 e. The lowest BCUT2D eigenvalue weighted by molar-refractivity contribution is -0.117. The molecular weight excluding hydrogens is 252 g/mol. The number of aromatic nitrogens is 3. The number of carbonyl (C=O) groups excluding carboxylic acids is 1. The summed E-state index contributed by atoms with van der Waals surface area (Å²) >= 11 is 0. The minimum Gasteiger partial charge on any atom is -0.369 e. The maximum absolute atomic E-state index is 11.1. The summed E-state index contributed by atoms with van der Waals surface area (Å²) in [4.78, 5) is 12.7. The Morgan fingerprint density at radius 1 is 1.05 bits per heavy atom. The maximum atomic E-state index is 11.1. The van der Waals surface area contributed by atoms with Crippen molar-refractivity contribution in [2.45, 2.75) is 13.0 Å². The molecule has 20 heavy (non-hydrogen) atoms. The van der Waals surface area contributed by atoms with E-state index in [-0.39, 0.29) is 12.3 Å². The molecule has 5 nitrogen and oxygen atoms in total. The zero-order valence-electron chi connectivity index (χ0n) is 10.9. The van der Waals surface area contributed by atoms with Crippen molar-refractivity contribution in [3.05, 3.63) is 59.7 Å². The lowest BCUT2D eigenvalue weighted by Crippen LogP contribution is -2.13. The van der Waals surface area contributed by atoms with E-state index in [1.54, 1.807) is 4.80 Å². The van der Waals surface area contributed by atoms with E-state index in [2.05, 4.69) is 10.2 Å². The van der Waals surface area contributed by atoms with Crippen molar-refractivity contribution < 1.29 is 4.79 Å². The Kier molecular flexibility index (Phi) is 3.16. The van der Waals surface area contributed by atoms with E-state index in [1.807, 2.05) is 48.5 Å². The molecule has 2 N–H and O–H groups in total. The molecule has 0 spiro atoms. The van der Waals surface area contributed by atoms with Gasteiger partial charge in [0.2, 0.25) is 5.91 Å². The van der Waals surface area contributed by atoms with Gasteiger partial charge in [-0.3, -0.25) is 4.79 Å². The highest BCUT2D eigenvalue weighted by Gasteiger charge is 2.09. The van der Waals surface area contributed by atoms with Gasteiger partial charge in [-0.1, -0.05) is 42.5 Å². The predicted octanol–water partition coefficient (Wildman–Crippen LogP) is 1.51. The van der Waals surface area contributed by atoms with Crippen LogP contribution in [-0.4, -0.2) is 20.9 Å². The number of benzene rings is 2. The quantitative estimate of drug-likeness (QED) is 0.777. The van der Waals surface area contributed by atoms with Gasteiger partial charge in [0.05, 0.1) is 13.0 Å². The number of primary amides is 1. The summed E-state index contributed by atoms with van der Waals surface area (Å²) in [6.07, 6.45) is 0.182. The SMILES string of the molecule is NC(=O)Cc1cccc2nn(Cc3ccccc3)nc12. The number of rotatable bonds is 4. The minimum atomic E-state index is -0.366. The van der Waals surface area contributed by atoms with E-state index in [1.165, 1.54) is 0 Å². The highest BCUT2D eigenvalue weighted by atomic mass is 16.1. The van der Waals surface area contributed by atoms with Gasteiger partial charge in [0.25, 0.3) is 0 Å². The van der Waals surface area contributed by atoms with Crippen LogP contribution in [0.3, 0.4) is 0 Å². The van der Waals surface area contributed by atoms with Crippen molar-refractivity contribution in [2.75, 3.05) is 0 Å². The van der Waals surface area contributed by atoms with Gasteiger partial charge in [-0.15, -0.1) is 0 Å². The molecule has 0 unspecified atom stereocenters. The van der Waals surface area contributed by atoms with Crippen LogP contribution < -0.4 is 5.73 Å². The number of nitrogens with zero attached hydrogens (tertiary/aromatic N) is 3. The van der Waals surface area contributed by atoms with Crippen LogP contribution in [0.4, 0.5) is 0 Å². The van der Waals surface area contributed by atoms with Crippen LogP contribution in [0.25, 0.3) is 11.0 Å². The molecule has 0 bridgehead atoms. The Hall–Kier alpha value is -2.69. The van der Waals surface area contributed by atoms with Crippen molar-refractivity contribution in [2.24, 2.45) is 5.73 Å². The molecule has 2 aromatic carbocycles. The maximum Gasteiger partial charge on any atom is 0.221 e. The molecule has 0 aliphatic carbocycles. The first-order chi connectivity index (χ1) is 9.72. The third-order valence-corrected chi connectivity index (χ3v) is 3.07. The van der Waals surface area contributed by atoms with Crippen molar-refractivity contribution in [1.82, 2.24) is 15.0 Å². The molecule has 1 aromatic heterocycles. The first kappa shape index (κ1) is 12.3. The largest absolute Gasteiger partial charge is 0.369 e. The highest BCUT2D eigenvalue weighted by Crippen LogP contribution is 2.15. The molecule has 0 atom stereocenters. The number of fused-ring (bicyclic) bond motifs is 1. The third kappa shape index (κ3) is 2.51. The molecule has 0 saturated carbocycles. The molecule has 100 valence electrons. The summed E-state index contributed by atoms with van der Waals surface area (Å²) in [5.41, 5.74) is 8.71. The van der Waals surface area contributed by atoms with Crippen LogP contribution in [0.1, 0.15) is 11.1 Å². The molecule has 0 fully saturated rings. The topological polar surface area (TPSA) is 73.8 Å². The normalized spacial score (nSPS) is 10.8. The van der Waals surface area contributed by atoms with E-state index >= 15 is 0 Å². The standard InChI is InChI=1S/C15H14N4O/c16-14(20)9-12-7-4-8-13-15(12)18-19(17-13)10-11-5-2-1-3-6-11/h1-8H,9-10H2,(H2,16,20). The average Bonchev–Trinajstić information content (AvgIpc) is 2.83. The van der Waals surface area contributed by atoms with Crippen LogP contribution in [0.2, 0.25) is 0 Å². The summed E-state index contributed by atoms with van der Waals surface area (Å²) in [6.45, 7) is 0.603. The van der Waals surface area contributed by atoms with Crippen LogP contribution in [0.15, 0.2) is 48.5 Å². The number of carbonyl (C=O) groups is 1. The zero-order chi connectivity index (χ0) is 13.9. The summed E-state index contributed by atoms with van der Waals surface area (Å²) in [7, 11) is 0. The van der Waals surface area contributed by atoms with Gasteiger partial charge in [0.1, 0.15) is 11.0 Å². The molecule has 1 amide bonds. The lowest BCUT2D eigenvalue weighted by Gasteiger charge is -1.99. The first-order valence-corrected chi connectivity index (χ1v) is 6.37. The fraction of sp³-hybridized carbons (Fsp3) is 0.133. The van der Waals surface area contributed by atoms with Crippen LogP contribution in [0.5, 0.6) is 0 Å². The fourth-order valence-corrected chi connectivity index (χ4v) is 2.18. The molecule has 0 aliphatic rings. The summed E-state index contributed by atoms with van der Waals surface area (Å²) in [5.74, 6) is -0.366. The molecule has 1 heterocycles. The second kappa shape index (κ2) is 5.13. The molecular formula is C15H14N4O. The summed E-state index contributed by atoms with van der Waals surface area (Å²) in [5, 5.41) is 8.89. The number of amides is 1. The number of hydrogen-bond acceptors (Lipinski definition) is 3. The second-order valence-corrected chi connectivity index (χ2v) is 4.64. The van der Waals surface area contributed by atoms with Crippen molar-refractivity contribution in [1.29, 1.82) is 0 Å². The second-order valence-electron chi connectivity index (χ2n) is 4.64. The van der Waals surface area contributed by atoms with Crippen LogP contribution >= 0.6 is 0 Å². The van der Waals surface area contributed by atoms with E-state index in [0.29, 0.717) is 6.54 Å². The monoisotopic (exact) mass is 266 g/mol. The Morgan fingerprint density at radius 2 is 1.85 bits per heavy atom. The van der Waals surface area contributed by atoms with Gasteiger partial charge in [-0.25, -0.2) is 0 Å². The Labute approximate surface area is 116 Å². The highest BCUT2D eigenvalue weighted by molar-refractivity contribution is 5.84. The van der Waals surface area contributed by atoms with Crippen molar-refractivity contribution in [3.63, 3.8) is 0 Å². The Morgan fingerprint density at radius 3 is 2.60 bits per heavy atom. The fourth-order valence-electron chi connectivity index (χ4n) is 2.18. The van der Waals surface area contributed by atoms with Gasteiger partial charge in [0, 0.05) is 0 Å². The van der Waals surface area contributed by atoms with E-state index in [9.17, 15) is 4.79 Å². The van der Waals surface area contributed by atoms with Crippen molar-refractivity contribution in [3.8, 4) is 0 Å². The summed E-state index contributed by atoms with van der Waals surface area (Å²) in [6, 6.07) is 15.6. The Balaban J connectivity index is 1.96. The molecule has 3 aromatic rings. The minimum absolute atomic E-state index is 0.182. The predicted molar refractivity (Wildman–Crippen MR) is 76.0 cm³/mol. The number of nitrogens with two attached hydrogens (primary N) is 1. The number of hydrogen-bond donors (Lipinski definition) is 1. The summed E-state index contributed by atoms with van der Waals surface area (Å²) < 4.78 is 0. The third-order valence-electron chi connectivity index (χ3n) is 3.07. The molecule has 3 rings (SSSR count). The molecule has 0 radical (unpaired) electrons. The Bertz CT molecular complexity index is 749. The van der Waals surface area contributed by atoms with Crippen molar-refractivity contribution >= 4 is 16.9 Å². The van der Waals surface area contributed by atoms with Crippen LogP contribution in [0, 0.1) is 0 Å². The van der Waals surface area contributed by atoms with E-state index in [4.69, 9.17) is 5.73 Å². The van der Waals surface area contributed by atoms with Crippen LogP contribution in [-0.2, 0) is 17.8 Å². The first-order valence-electron chi connectivity index (χ1n) is 6.37. The van der Waals surface area contributed by atoms with E-state index < -0.39 is 0 Å². The van der Waals surface area contributed by atoms with Gasteiger partial charge >= 0.3 is 0 Å². The molecule has 5 heteroatoms. The lowest BCUT2D eigenvalue weighted by atomic mass is 10.1. The van der Waals surface area contributed by atoms with E-state index in [0.717, 1.165) is 22.2 Å².